The number of para-hydroxylation sites is 1. The van der Waals surface area contributed by atoms with E-state index in [-0.39, 0.29) is 5.92 Å². The van der Waals surface area contributed by atoms with E-state index in [9.17, 15) is 9.90 Å². The molecule has 192 valence electrons. The van der Waals surface area contributed by atoms with E-state index >= 15 is 0 Å². The van der Waals surface area contributed by atoms with Crippen LogP contribution in [-0.2, 0) is 11.4 Å². The fourth-order valence-corrected chi connectivity index (χ4v) is 5.70. The number of aliphatic carboxylic acids is 1. The average molecular weight is 524 g/mol. The molecule has 1 aliphatic heterocycles. The summed E-state index contributed by atoms with van der Waals surface area (Å²) in [7, 11) is 0. The summed E-state index contributed by atoms with van der Waals surface area (Å²) >= 11 is 1.59. The van der Waals surface area contributed by atoms with Crippen molar-refractivity contribution in [2.24, 2.45) is 5.92 Å². The zero-order valence-corrected chi connectivity index (χ0v) is 22.3. The molecule has 1 aromatic heterocycles. The van der Waals surface area contributed by atoms with E-state index in [1.54, 1.807) is 11.3 Å². The number of rotatable bonds is 7. The van der Waals surface area contributed by atoms with Crippen LogP contribution in [0.5, 0.6) is 5.75 Å². The molecular formula is C31H29N3O3S. The lowest BCUT2D eigenvalue weighted by Crippen LogP contribution is -2.36. The van der Waals surface area contributed by atoms with E-state index in [0.717, 1.165) is 50.0 Å². The molecule has 1 fully saturated rings. The molecule has 2 heterocycles. The molecule has 1 N–H and O–H groups in total. The quantitative estimate of drug-likeness (QED) is 0.285. The molecule has 0 unspecified atom stereocenters. The Bertz CT molecular complexity index is 1500. The van der Waals surface area contributed by atoms with Crippen LogP contribution in [0.2, 0.25) is 0 Å². The Balaban J connectivity index is 1.31. The minimum absolute atomic E-state index is 0.260. The third kappa shape index (κ3) is 5.41. The monoisotopic (exact) mass is 523 g/mol. The Morgan fingerprint density at radius 2 is 1.82 bits per heavy atom. The summed E-state index contributed by atoms with van der Waals surface area (Å²) in [5.74, 6) is -0.140. The lowest BCUT2D eigenvalue weighted by molar-refractivity contribution is -0.142. The van der Waals surface area contributed by atoms with Crippen molar-refractivity contribution < 1.29 is 14.6 Å². The van der Waals surface area contributed by atoms with Crippen LogP contribution in [0.1, 0.15) is 35.1 Å². The summed E-state index contributed by atoms with van der Waals surface area (Å²) in [6.45, 7) is 5.99. The smallest absolute Gasteiger partial charge is 0.306 e. The number of piperidine rings is 1. The number of benzene rings is 3. The number of carboxylic acid groups (broad SMARTS) is 1. The second-order valence-corrected chi connectivity index (χ2v) is 10.5. The van der Waals surface area contributed by atoms with Crippen molar-refractivity contribution >= 4 is 22.4 Å². The molecule has 0 spiro atoms. The zero-order valence-electron chi connectivity index (χ0n) is 21.5. The average Bonchev–Trinajstić information content (AvgIpc) is 3.43. The first kappa shape index (κ1) is 25.5. The number of ether oxygens (including phenoxy) is 1. The number of hydrogen-bond acceptors (Lipinski definition) is 6. The number of aromatic nitrogens is 1. The first-order valence-corrected chi connectivity index (χ1v) is 13.6. The summed E-state index contributed by atoms with van der Waals surface area (Å²) < 4.78 is 6.41. The van der Waals surface area contributed by atoms with Crippen molar-refractivity contribution in [3.8, 4) is 34.2 Å². The van der Waals surface area contributed by atoms with E-state index in [2.05, 4.69) is 41.5 Å². The van der Waals surface area contributed by atoms with Gasteiger partial charge in [-0.15, -0.1) is 11.3 Å². The number of carboxylic acids is 1. The summed E-state index contributed by atoms with van der Waals surface area (Å²) in [5, 5.41) is 21.3. The largest absolute Gasteiger partial charge is 0.488 e. The van der Waals surface area contributed by atoms with Crippen LogP contribution in [0.4, 0.5) is 5.13 Å². The van der Waals surface area contributed by atoms with Crippen LogP contribution < -0.4 is 9.64 Å². The number of thiazole rings is 1. The van der Waals surface area contributed by atoms with Gasteiger partial charge in [-0.25, -0.2) is 4.98 Å². The summed E-state index contributed by atoms with van der Waals surface area (Å²) in [6, 6.07) is 22.2. The topological polar surface area (TPSA) is 86.5 Å². The lowest BCUT2D eigenvalue weighted by atomic mass is 9.97. The van der Waals surface area contributed by atoms with Gasteiger partial charge >= 0.3 is 5.97 Å². The zero-order chi connectivity index (χ0) is 26.6. The minimum Gasteiger partial charge on any atom is -0.488 e. The fourth-order valence-electron chi connectivity index (χ4n) is 4.82. The normalized spacial score (nSPS) is 13.8. The Hall–Kier alpha value is -4.15. The van der Waals surface area contributed by atoms with Crippen LogP contribution in [-0.4, -0.2) is 29.1 Å². The number of anilines is 1. The standard InChI is InChI=1S/C31H29N3O3S/c1-20-4-3-5-27(28-19-38-31(33-28)34-14-12-24(13-15-34)30(35)36)29(20)37-18-26-11-10-25(16-21(26)2)23-8-6-22(17-32)7-9-23/h3-11,16,19,24H,12-15,18H2,1-2H3,(H,35,36). The van der Waals surface area contributed by atoms with E-state index < -0.39 is 5.97 Å². The maximum absolute atomic E-state index is 11.3. The molecule has 0 saturated carbocycles. The number of nitriles is 1. The summed E-state index contributed by atoms with van der Waals surface area (Å²) in [5.41, 5.74) is 7.96. The van der Waals surface area contributed by atoms with Gasteiger partial charge in [0.1, 0.15) is 12.4 Å². The molecule has 0 bridgehead atoms. The van der Waals surface area contributed by atoms with Gasteiger partial charge in [-0.05, 0) is 72.7 Å². The second-order valence-electron chi connectivity index (χ2n) is 9.69. The maximum atomic E-state index is 11.3. The predicted octanol–water partition coefficient (Wildman–Crippen LogP) is 6.85. The van der Waals surface area contributed by atoms with Gasteiger partial charge < -0.3 is 14.7 Å². The maximum Gasteiger partial charge on any atom is 0.306 e. The van der Waals surface area contributed by atoms with Crippen molar-refractivity contribution in [2.75, 3.05) is 18.0 Å². The van der Waals surface area contributed by atoms with E-state index in [1.165, 1.54) is 0 Å². The van der Waals surface area contributed by atoms with Gasteiger partial charge in [0.05, 0.1) is 23.2 Å². The van der Waals surface area contributed by atoms with Gasteiger partial charge in [0.15, 0.2) is 5.13 Å². The van der Waals surface area contributed by atoms with Crippen molar-refractivity contribution in [3.63, 3.8) is 0 Å². The molecule has 1 aliphatic rings. The van der Waals surface area contributed by atoms with Crippen LogP contribution in [0.15, 0.2) is 66.0 Å². The molecule has 5 rings (SSSR count). The molecule has 0 radical (unpaired) electrons. The van der Waals surface area contributed by atoms with Gasteiger partial charge in [0.2, 0.25) is 0 Å². The van der Waals surface area contributed by atoms with Gasteiger partial charge in [0.25, 0.3) is 0 Å². The Morgan fingerprint density at radius 1 is 1.08 bits per heavy atom. The van der Waals surface area contributed by atoms with E-state index in [4.69, 9.17) is 15.0 Å². The van der Waals surface area contributed by atoms with Gasteiger partial charge in [-0.3, -0.25) is 4.79 Å². The Labute approximate surface area is 226 Å². The van der Waals surface area contributed by atoms with Crippen molar-refractivity contribution in [2.45, 2.75) is 33.3 Å². The molecule has 0 amide bonds. The summed E-state index contributed by atoms with van der Waals surface area (Å²) in [6.07, 6.45) is 1.29. The molecule has 0 atom stereocenters. The lowest BCUT2D eigenvalue weighted by Gasteiger charge is -2.29. The molecule has 7 heteroatoms. The van der Waals surface area contributed by atoms with Crippen molar-refractivity contribution in [3.05, 3.63) is 88.3 Å². The molecule has 4 aromatic rings. The number of carbonyl (C=O) groups is 1. The number of aryl methyl sites for hydroxylation is 2. The highest BCUT2D eigenvalue weighted by atomic mass is 32.1. The van der Waals surface area contributed by atoms with E-state index in [0.29, 0.717) is 38.1 Å². The molecular weight excluding hydrogens is 494 g/mol. The highest BCUT2D eigenvalue weighted by Crippen LogP contribution is 2.37. The minimum atomic E-state index is -0.704. The highest BCUT2D eigenvalue weighted by Gasteiger charge is 2.26. The first-order chi connectivity index (χ1) is 18.4. The first-order valence-electron chi connectivity index (χ1n) is 12.7. The molecule has 1 saturated heterocycles. The molecule has 3 aromatic carbocycles. The molecule has 6 nitrogen and oxygen atoms in total. The predicted molar refractivity (Wildman–Crippen MR) is 151 cm³/mol. The fraction of sp³-hybridized carbons (Fsp3) is 0.258. The van der Waals surface area contributed by atoms with E-state index in [1.807, 2.05) is 49.4 Å². The van der Waals surface area contributed by atoms with Crippen LogP contribution in [0.25, 0.3) is 22.4 Å². The number of hydrogen-bond donors (Lipinski definition) is 1. The van der Waals surface area contributed by atoms with Crippen LogP contribution in [0, 0.1) is 31.1 Å². The summed E-state index contributed by atoms with van der Waals surface area (Å²) in [4.78, 5) is 18.4. The van der Waals surface area contributed by atoms with Crippen molar-refractivity contribution in [1.82, 2.24) is 4.98 Å². The molecule has 38 heavy (non-hydrogen) atoms. The number of nitrogens with zero attached hydrogens (tertiary/aromatic N) is 3. The Kier molecular flexibility index (Phi) is 7.43. The highest BCUT2D eigenvalue weighted by molar-refractivity contribution is 7.14. The Morgan fingerprint density at radius 3 is 2.50 bits per heavy atom. The van der Waals surface area contributed by atoms with Crippen LogP contribution >= 0.6 is 11.3 Å². The van der Waals surface area contributed by atoms with Gasteiger partial charge in [-0.1, -0.05) is 42.5 Å². The third-order valence-electron chi connectivity index (χ3n) is 7.16. The third-order valence-corrected chi connectivity index (χ3v) is 8.06. The van der Waals surface area contributed by atoms with Gasteiger partial charge in [0, 0.05) is 24.0 Å². The second kappa shape index (κ2) is 11.1. The van der Waals surface area contributed by atoms with Gasteiger partial charge in [-0.2, -0.15) is 5.26 Å². The SMILES string of the molecule is Cc1cc(-c2ccc(C#N)cc2)ccc1COc1c(C)cccc1-c1csc(N2CCC(C(=O)O)CC2)n1. The van der Waals surface area contributed by atoms with Crippen LogP contribution in [0.3, 0.4) is 0 Å². The van der Waals surface area contributed by atoms with Crippen molar-refractivity contribution in [1.29, 1.82) is 5.26 Å². The molecule has 0 aliphatic carbocycles.